The summed E-state index contributed by atoms with van der Waals surface area (Å²) in [5.41, 5.74) is 8.46. The minimum absolute atomic E-state index is 0.138. The summed E-state index contributed by atoms with van der Waals surface area (Å²) >= 11 is 7.69. The summed E-state index contributed by atoms with van der Waals surface area (Å²) in [5.74, 6) is 0. The van der Waals surface area contributed by atoms with Crippen LogP contribution in [0, 0.1) is 25.4 Å². The van der Waals surface area contributed by atoms with Crippen molar-refractivity contribution in [3.63, 3.8) is 0 Å². The second-order valence-corrected chi connectivity index (χ2v) is 8.81. The maximum absolute atomic E-state index is 5.94. The molecule has 3 aromatic rings. The van der Waals surface area contributed by atoms with Gasteiger partial charge >= 0.3 is 0 Å². The van der Waals surface area contributed by atoms with Gasteiger partial charge in [0.25, 0.3) is 0 Å². The Balaban J connectivity index is 2.01. The van der Waals surface area contributed by atoms with Crippen molar-refractivity contribution in [2.24, 2.45) is 0 Å². The number of nitrogens with one attached hydrogen (secondary N) is 1. The van der Waals surface area contributed by atoms with Crippen molar-refractivity contribution >= 4 is 29.4 Å². The standard InChI is InChI=1S/C21H22N2S2/c1-12-6-9-17-16(10-12)18-19(21(4,5)22-17)25-23(20(18)24)15-8-7-13(2)14(3)11-15/h6-11,22H,1-5H3. The average molecular weight is 367 g/mol. The summed E-state index contributed by atoms with van der Waals surface area (Å²) in [6.45, 7) is 10.9. The largest absolute Gasteiger partial charge is 0.375 e. The molecule has 1 aliphatic heterocycles. The Bertz CT molecular complexity index is 1050. The third-order valence-electron chi connectivity index (χ3n) is 4.99. The molecule has 1 N–H and O–H groups in total. The molecule has 0 fully saturated rings. The Labute approximate surface area is 158 Å². The second kappa shape index (κ2) is 5.55. The van der Waals surface area contributed by atoms with Crippen molar-refractivity contribution in [3.05, 3.63) is 62.6 Å². The lowest BCUT2D eigenvalue weighted by molar-refractivity contribution is 0.620. The fourth-order valence-electron chi connectivity index (χ4n) is 3.43. The SMILES string of the molecule is Cc1ccc2c(c1)-c1c(sn(-c3ccc(C)c(C)c3)c1=S)C(C)(C)N2. The monoisotopic (exact) mass is 366 g/mol. The van der Waals surface area contributed by atoms with E-state index in [9.17, 15) is 0 Å². The van der Waals surface area contributed by atoms with Crippen LogP contribution in [0.5, 0.6) is 0 Å². The molecule has 0 unspecified atom stereocenters. The normalized spacial score (nSPS) is 14.6. The number of aryl methyl sites for hydroxylation is 3. The molecular formula is C21H22N2S2. The molecule has 1 aromatic heterocycles. The van der Waals surface area contributed by atoms with Gasteiger partial charge in [-0.05, 0) is 70.0 Å². The van der Waals surface area contributed by atoms with Gasteiger partial charge in [-0.15, -0.1) is 0 Å². The van der Waals surface area contributed by atoms with Crippen LogP contribution >= 0.6 is 23.8 Å². The Morgan fingerprint density at radius 1 is 1.00 bits per heavy atom. The molecule has 0 saturated carbocycles. The number of rotatable bonds is 1. The van der Waals surface area contributed by atoms with Crippen molar-refractivity contribution in [1.82, 2.24) is 3.96 Å². The molecule has 25 heavy (non-hydrogen) atoms. The summed E-state index contributed by atoms with van der Waals surface area (Å²) < 4.78 is 3.11. The van der Waals surface area contributed by atoms with Gasteiger partial charge in [-0.25, -0.2) is 0 Å². The van der Waals surface area contributed by atoms with Gasteiger partial charge in [-0.2, -0.15) is 0 Å². The van der Waals surface area contributed by atoms with Crippen LogP contribution in [0.4, 0.5) is 5.69 Å². The molecule has 4 rings (SSSR count). The van der Waals surface area contributed by atoms with E-state index in [0.29, 0.717) is 0 Å². The van der Waals surface area contributed by atoms with E-state index >= 15 is 0 Å². The zero-order valence-electron chi connectivity index (χ0n) is 15.2. The van der Waals surface area contributed by atoms with Gasteiger partial charge in [0.1, 0.15) is 4.64 Å². The van der Waals surface area contributed by atoms with Crippen LogP contribution < -0.4 is 5.32 Å². The van der Waals surface area contributed by atoms with E-state index in [4.69, 9.17) is 12.2 Å². The van der Waals surface area contributed by atoms with E-state index in [-0.39, 0.29) is 5.54 Å². The second-order valence-electron chi connectivity index (χ2n) is 7.46. The van der Waals surface area contributed by atoms with E-state index in [0.717, 1.165) is 10.3 Å². The highest BCUT2D eigenvalue weighted by molar-refractivity contribution is 7.71. The fourth-order valence-corrected chi connectivity index (χ4v) is 5.08. The number of anilines is 1. The lowest BCUT2D eigenvalue weighted by atomic mass is 9.89. The first kappa shape index (κ1) is 16.6. The summed E-state index contributed by atoms with van der Waals surface area (Å²) in [4.78, 5) is 1.30. The van der Waals surface area contributed by atoms with Crippen LogP contribution in [0.2, 0.25) is 0 Å². The summed E-state index contributed by atoms with van der Waals surface area (Å²) in [6.07, 6.45) is 0. The van der Waals surface area contributed by atoms with Crippen LogP contribution in [0.1, 0.15) is 35.4 Å². The number of hydrogen-bond acceptors (Lipinski definition) is 3. The minimum atomic E-state index is -0.138. The zero-order chi connectivity index (χ0) is 17.9. The van der Waals surface area contributed by atoms with E-state index in [2.05, 4.69) is 80.3 Å². The maximum atomic E-state index is 5.94. The lowest BCUT2D eigenvalue weighted by Gasteiger charge is -2.33. The molecular weight excluding hydrogens is 344 g/mol. The molecule has 2 nitrogen and oxygen atoms in total. The van der Waals surface area contributed by atoms with Crippen LogP contribution in [0.3, 0.4) is 0 Å². The number of hydrogen-bond donors (Lipinski definition) is 1. The Hall–Kier alpha value is -1.91. The van der Waals surface area contributed by atoms with Crippen molar-refractivity contribution in [1.29, 1.82) is 0 Å². The van der Waals surface area contributed by atoms with Crippen LogP contribution in [-0.2, 0) is 5.54 Å². The van der Waals surface area contributed by atoms with E-state index < -0.39 is 0 Å². The topological polar surface area (TPSA) is 17.0 Å². The molecule has 0 bridgehead atoms. The summed E-state index contributed by atoms with van der Waals surface area (Å²) in [5, 5.41) is 3.68. The maximum Gasteiger partial charge on any atom is 0.129 e. The summed E-state index contributed by atoms with van der Waals surface area (Å²) in [6, 6.07) is 13.1. The molecule has 0 aliphatic carbocycles. The Morgan fingerprint density at radius 2 is 1.76 bits per heavy atom. The van der Waals surface area contributed by atoms with Crippen molar-refractivity contribution in [3.8, 4) is 16.8 Å². The number of benzene rings is 2. The highest BCUT2D eigenvalue weighted by atomic mass is 32.1. The first-order valence-electron chi connectivity index (χ1n) is 8.51. The molecule has 0 radical (unpaired) electrons. The third kappa shape index (κ3) is 2.55. The van der Waals surface area contributed by atoms with Crippen molar-refractivity contribution in [2.45, 2.75) is 40.2 Å². The average Bonchev–Trinajstić information content (AvgIpc) is 2.90. The van der Waals surface area contributed by atoms with Gasteiger partial charge in [0.2, 0.25) is 0 Å². The molecule has 0 saturated heterocycles. The van der Waals surface area contributed by atoms with E-state index in [1.807, 2.05) is 0 Å². The molecule has 0 spiro atoms. The van der Waals surface area contributed by atoms with Gasteiger partial charge in [0, 0.05) is 16.8 Å². The van der Waals surface area contributed by atoms with E-state index in [1.54, 1.807) is 11.5 Å². The molecule has 0 amide bonds. The van der Waals surface area contributed by atoms with Gasteiger partial charge in [0.15, 0.2) is 0 Å². The predicted octanol–water partition coefficient (Wildman–Crippen LogP) is 6.52. The van der Waals surface area contributed by atoms with Gasteiger partial charge in [0.05, 0.1) is 16.1 Å². The van der Waals surface area contributed by atoms with Crippen molar-refractivity contribution in [2.75, 3.05) is 5.32 Å². The quantitative estimate of drug-likeness (QED) is 0.494. The molecule has 2 aromatic carbocycles. The van der Waals surface area contributed by atoms with Crippen LogP contribution in [-0.4, -0.2) is 3.96 Å². The van der Waals surface area contributed by atoms with Gasteiger partial charge < -0.3 is 5.32 Å². The van der Waals surface area contributed by atoms with Gasteiger partial charge in [-0.3, -0.25) is 3.96 Å². The van der Waals surface area contributed by atoms with Crippen LogP contribution in [0.25, 0.3) is 16.8 Å². The van der Waals surface area contributed by atoms with Crippen LogP contribution in [0.15, 0.2) is 36.4 Å². The molecule has 0 atom stereocenters. The molecule has 4 heteroatoms. The fraction of sp³-hybridized carbons (Fsp3) is 0.286. The Kier molecular flexibility index (Phi) is 3.67. The molecule has 128 valence electrons. The first-order valence-corrected chi connectivity index (χ1v) is 9.70. The summed E-state index contributed by atoms with van der Waals surface area (Å²) in [7, 11) is 0. The van der Waals surface area contributed by atoms with Gasteiger partial charge in [-0.1, -0.05) is 41.4 Å². The minimum Gasteiger partial charge on any atom is -0.375 e. The molecule has 2 heterocycles. The zero-order valence-corrected chi connectivity index (χ0v) is 16.9. The highest BCUT2D eigenvalue weighted by Crippen LogP contribution is 2.47. The number of nitrogens with zero attached hydrogens (tertiary/aromatic N) is 1. The first-order chi connectivity index (χ1) is 11.8. The predicted molar refractivity (Wildman–Crippen MR) is 111 cm³/mol. The Morgan fingerprint density at radius 3 is 2.48 bits per heavy atom. The number of fused-ring (bicyclic) bond motifs is 3. The smallest absolute Gasteiger partial charge is 0.129 e. The molecule has 1 aliphatic rings. The van der Waals surface area contributed by atoms with Crippen molar-refractivity contribution < 1.29 is 0 Å². The third-order valence-corrected chi connectivity index (χ3v) is 6.97. The highest BCUT2D eigenvalue weighted by Gasteiger charge is 2.34. The number of aromatic nitrogens is 1. The lowest BCUT2D eigenvalue weighted by Crippen LogP contribution is -2.30. The van der Waals surface area contributed by atoms with E-state index in [1.165, 1.54) is 38.4 Å².